The van der Waals surface area contributed by atoms with Gasteiger partial charge in [0.15, 0.2) is 5.96 Å². The molecule has 0 saturated carbocycles. The molecule has 0 aliphatic rings. The summed E-state index contributed by atoms with van der Waals surface area (Å²) in [5.74, 6) is 0.468. The minimum Gasteiger partial charge on any atom is -0.383 e. The van der Waals surface area contributed by atoms with Crippen LogP contribution in [-0.4, -0.2) is 32.3 Å². The lowest BCUT2D eigenvalue weighted by Crippen LogP contribution is -2.41. The number of aryl methyl sites for hydroxylation is 1. The minimum atomic E-state index is -0.0389. The Kier molecular flexibility index (Phi) is 8.89. The second-order valence-corrected chi connectivity index (χ2v) is 5.96. The van der Waals surface area contributed by atoms with E-state index in [1.165, 1.54) is 11.1 Å². The second-order valence-electron chi connectivity index (χ2n) is 5.96. The lowest BCUT2D eigenvalue weighted by molar-refractivity contribution is 0.179. The lowest BCUT2D eigenvalue weighted by Gasteiger charge is -2.24. The molecule has 0 aromatic heterocycles. The highest BCUT2D eigenvalue weighted by molar-refractivity contribution is 14.0. The monoisotopic (exact) mass is 405 g/mol. The number of rotatable bonds is 6. The number of halogens is 1. The van der Waals surface area contributed by atoms with Crippen LogP contribution in [0.25, 0.3) is 0 Å². The highest BCUT2D eigenvalue weighted by Gasteiger charge is 2.20. The molecule has 0 amide bonds. The summed E-state index contributed by atoms with van der Waals surface area (Å²) in [6.07, 6.45) is 0. The fourth-order valence-electron chi connectivity index (χ4n) is 2.03. The van der Waals surface area contributed by atoms with Gasteiger partial charge in [-0.25, -0.2) is 0 Å². The van der Waals surface area contributed by atoms with E-state index < -0.39 is 0 Å². The summed E-state index contributed by atoms with van der Waals surface area (Å²) in [6.45, 7) is 9.73. The lowest BCUT2D eigenvalue weighted by atomic mass is 9.84. The van der Waals surface area contributed by atoms with Gasteiger partial charge in [-0.05, 0) is 19.4 Å². The average Bonchev–Trinajstić information content (AvgIpc) is 2.37. The Morgan fingerprint density at radius 2 is 2.10 bits per heavy atom. The van der Waals surface area contributed by atoms with E-state index in [2.05, 4.69) is 55.3 Å². The second kappa shape index (κ2) is 9.25. The molecular formula is C16H28IN3O. The number of methoxy groups -OCH3 is 1. The summed E-state index contributed by atoms with van der Waals surface area (Å²) in [6, 6.07) is 8.68. The molecule has 120 valence electrons. The zero-order chi connectivity index (χ0) is 15.2. The molecule has 0 radical (unpaired) electrons. The van der Waals surface area contributed by atoms with E-state index in [4.69, 9.17) is 10.5 Å². The quantitative estimate of drug-likeness (QED) is 0.435. The molecule has 0 spiro atoms. The molecule has 5 heteroatoms. The van der Waals surface area contributed by atoms with Gasteiger partial charge in [0.05, 0.1) is 13.2 Å². The van der Waals surface area contributed by atoms with E-state index in [0.717, 1.165) is 0 Å². The van der Waals surface area contributed by atoms with Crippen LogP contribution in [0.1, 0.15) is 31.9 Å². The number of guanidine groups is 1. The van der Waals surface area contributed by atoms with Gasteiger partial charge in [-0.2, -0.15) is 0 Å². The summed E-state index contributed by atoms with van der Waals surface area (Å²) in [4.78, 5) is 4.45. The first kappa shape index (κ1) is 20.2. The van der Waals surface area contributed by atoms with Gasteiger partial charge in [-0.3, -0.25) is 4.99 Å². The number of benzene rings is 1. The number of hydrogen-bond donors (Lipinski definition) is 2. The maximum atomic E-state index is 5.90. The first-order chi connectivity index (χ1) is 9.35. The third kappa shape index (κ3) is 7.13. The number of hydrogen-bond acceptors (Lipinski definition) is 2. The Bertz CT molecular complexity index is 461. The number of aliphatic imine (C=N–C) groups is 1. The standard InChI is InChI=1S/C16H27N3O.HI/c1-12-7-6-8-14(9-12)16(3,4)11-18-15(17)19-13(2)10-20-5;/h6-9,13H,10-11H2,1-5H3,(H3,17,18,19);1H. The van der Waals surface area contributed by atoms with Gasteiger partial charge in [0.1, 0.15) is 0 Å². The molecular weight excluding hydrogens is 377 g/mol. The van der Waals surface area contributed by atoms with Gasteiger partial charge >= 0.3 is 0 Å². The minimum absolute atomic E-state index is 0. The molecule has 0 heterocycles. The molecule has 4 nitrogen and oxygen atoms in total. The van der Waals surface area contributed by atoms with Crippen LogP contribution >= 0.6 is 24.0 Å². The van der Waals surface area contributed by atoms with Crippen molar-refractivity contribution in [1.29, 1.82) is 0 Å². The van der Waals surface area contributed by atoms with Gasteiger partial charge in [-0.1, -0.05) is 43.7 Å². The Labute approximate surface area is 145 Å². The first-order valence-electron chi connectivity index (χ1n) is 6.97. The van der Waals surface area contributed by atoms with Crippen LogP contribution in [0, 0.1) is 6.92 Å². The first-order valence-corrected chi connectivity index (χ1v) is 6.97. The number of nitrogens with zero attached hydrogens (tertiary/aromatic N) is 1. The highest BCUT2D eigenvalue weighted by atomic mass is 127. The van der Waals surface area contributed by atoms with Gasteiger partial charge in [0.2, 0.25) is 0 Å². The van der Waals surface area contributed by atoms with Gasteiger partial charge in [0, 0.05) is 18.6 Å². The zero-order valence-corrected chi connectivity index (χ0v) is 16.0. The van der Waals surface area contributed by atoms with Gasteiger partial charge in [-0.15, -0.1) is 24.0 Å². The zero-order valence-electron chi connectivity index (χ0n) is 13.6. The predicted molar refractivity (Wildman–Crippen MR) is 101 cm³/mol. The molecule has 3 N–H and O–H groups in total. The predicted octanol–water partition coefficient (Wildman–Crippen LogP) is 2.83. The van der Waals surface area contributed by atoms with E-state index in [9.17, 15) is 0 Å². The van der Waals surface area contributed by atoms with Gasteiger partial charge in [0.25, 0.3) is 0 Å². The SMILES string of the molecule is COCC(C)NC(N)=NCC(C)(C)c1cccc(C)c1.I. The molecule has 0 saturated heterocycles. The van der Waals surface area contributed by atoms with E-state index >= 15 is 0 Å². The van der Waals surface area contributed by atoms with Crippen LogP contribution in [-0.2, 0) is 10.2 Å². The number of nitrogens with two attached hydrogens (primary N) is 1. The van der Waals surface area contributed by atoms with Crippen LogP contribution in [0.5, 0.6) is 0 Å². The Morgan fingerprint density at radius 3 is 2.67 bits per heavy atom. The summed E-state index contributed by atoms with van der Waals surface area (Å²) >= 11 is 0. The normalized spacial score (nSPS) is 13.5. The van der Waals surface area contributed by atoms with E-state index in [1.807, 2.05) is 6.92 Å². The van der Waals surface area contributed by atoms with E-state index in [1.54, 1.807) is 7.11 Å². The van der Waals surface area contributed by atoms with Crippen molar-refractivity contribution in [3.05, 3.63) is 35.4 Å². The van der Waals surface area contributed by atoms with Crippen LogP contribution in [0.15, 0.2) is 29.3 Å². The molecule has 1 atom stereocenters. The van der Waals surface area contributed by atoms with Crippen LogP contribution in [0.3, 0.4) is 0 Å². The molecule has 1 unspecified atom stereocenters. The molecule has 1 rings (SSSR count). The molecule has 0 aliphatic heterocycles. The van der Waals surface area contributed by atoms with Crippen LogP contribution < -0.4 is 11.1 Å². The Balaban J connectivity index is 0.00000400. The molecule has 0 fully saturated rings. The van der Waals surface area contributed by atoms with Crippen molar-refractivity contribution in [2.45, 2.75) is 39.2 Å². The fourth-order valence-corrected chi connectivity index (χ4v) is 2.03. The molecule has 21 heavy (non-hydrogen) atoms. The van der Waals surface area contributed by atoms with Crippen molar-refractivity contribution < 1.29 is 4.74 Å². The van der Waals surface area contributed by atoms with Crippen molar-refractivity contribution >= 4 is 29.9 Å². The molecule has 0 bridgehead atoms. The third-order valence-electron chi connectivity index (χ3n) is 3.26. The smallest absolute Gasteiger partial charge is 0.188 e. The topological polar surface area (TPSA) is 59.6 Å². The van der Waals surface area contributed by atoms with Crippen LogP contribution in [0.4, 0.5) is 0 Å². The maximum absolute atomic E-state index is 5.90. The average molecular weight is 405 g/mol. The molecule has 0 aliphatic carbocycles. The van der Waals surface area contributed by atoms with Crippen molar-refractivity contribution in [2.75, 3.05) is 20.3 Å². The summed E-state index contributed by atoms with van der Waals surface area (Å²) < 4.78 is 5.06. The Hall–Kier alpha value is -0.820. The van der Waals surface area contributed by atoms with Crippen molar-refractivity contribution in [1.82, 2.24) is 5.32 Å². The van der Waals surface area contributed by atoms with Gasteiger partial charge < -0.3 is 15.8 Å². The summed E-state index contributed by atoms with van der Waals surface area (Å²) in [5, 5.41) is 3.12. The number of ether oxygens (including phenoxy) is 1. The van der Waals surface area contributed by atoms with Crippen molar-refractivity contribution in [3.8, 4) is 0 Å². The maximum Gasteiger partial charge on any atom is 0.188 e. The molecule has 1 aromatic rings. The van der Waals surface area contributed by atoms with Crippen molar-refractivity contribution in [3.63, 3.8) is 0 Å². The van der Waals surface area contributed by atoms with E-state index in [0.29, 0.717) is 19.1 Å². The fraction of sp³-hybridized carbons (Fsp3) is 0.562. The molecule has 1 aromatic carbocycles. The summed E-state index contributed by atoms with van der Waals surface area (Å²) in [5.41, 5.74) is 8.40. The largest absolute Gasteiger partial charge is 0.383 e. The van der Waals surface area contributed by atoms with Crippen LogP contribution in [0.2, 0.25) is 0 Å². The van der Waals surface area contributed by atoms with Crippen molar-refractivity contribution in [2.24, 2.45) is 10.7 Å². The summed E-state index contributed by atoms with van der Waals surface area (Å²) in [7, 11) is 1.67. The number of nitrogens with one attached hydrogen (secondary N) is 1. The third-order valence-corrected chi connectivity index (χ3v) is 3.26. The Morgan fingerprint density at radius 1 is 1.43 bits per heavy atom. The van der Waals surface area contributed by atoms with E-state index in [-0.39, 0.29) is 35.4 Å². The highest BCUT2D eigenvalue weighted by Crippen LogP contribution is 2.24.